The Morgan fingerprint density at radius 3 is 2.88 bits per heavy atom. The fourth-order valence-electron chi connectivity index (χ4n) is 1.78. The quantitative estimate of drug-likeness (QED) is 0.732. The van der Waals surface area contributed by atoms with Crippen LogP contribution in [-0.4, -0.2) is 31.0 Å². The predicted molar refractivity (Wildman–Crippen MR) is 67.8 cm³/mol. The zero-order valence-electron chi connectivity index (χ0n) is 9.82. The first-order valence-electron chi connectivity index (χ1n) is 5.63. The minimum absolute atomic E-state index is 0.386. The number of rotatable bonds is 8. The first-order valence-corrected chi connectivity index (χ1v) is 6.57. The molecule has 3 N–H and O–H groups in total. The Morgan fingerprint density at radius 1 is 1.50 bits per heavy atom. The van der Waals surface area contributed by atoms with E-state index in [9.17, 15) is 5.11 Å². The molecule has 0 aromatic carbocycles. The summed E-state index contributed by atoms with van der Waals surface area (Å²) in [4.78, 5) is 0. The maximum absolute atomic E-state index is 10.4. The first-order chi connectivity index (χ1) is 7.70. The van der Waals surface area contributed by atoms with Crippen LogP contribution in [0.5, 0.6) is 0 Å². The summed E-state index contributed by atoms with van der Waals surface area (Å²) in [7, 11) is 1.62. The molecule has 92 valence electrons. The molecule has 1 aromatic rings. The van der Waals surface area contributed by atoms with Gasteiger partial charge in [0, 0.05) is 7.11 Å². The van der Waals surface area contributed by atoms with Crippen molar-refractivity contribution in [3.63, 3.8) is 0 Å². The Bertz CT molecular complexity index is 277. The summed E-state index contributed by atoms with van der Waals surface area (Å²) in [6, 6.07) is 2.10. The van der Waals surface area contributed by atoms with Crippen molar-refractivity contribution < 1.29 is 9.84 Å². The third kappa shape index (κ3) is 4.61. The number of methoxy groups -OCH3 is 1. The maximum atomic E-state index is 10.4. The molecule has 0 bridgehead atoms. The lowest BCUT2D eigenvalue weighted by molar-refractivity contribution is -0.0436. The van der Waals surface area contributed by atoms with Crippen LogP contribution in [0.15, 0.2) is 16.8 Å². The molecule has 0 aliphatic heterocycles. The van der Waals surface area contributed by atoms with Crippen molar-refractivity contribution in [3.8, 4) is 0 Å². The van der Waals surface area contributed by atoms with Gasteiger partial charge in [0.1, 0.15) is 0 Å². The molecule has 1 rings (SSSR count). The van der Waals surface area contributed by atoms with E-state index in [4.69, 9.17) is 10.5 Å². The van der Waals surface area contributed by atoms with E-state index in [1.807, 2.05) is 0 Å². The van der Waals surface area contributed by atoms with Crippen LogP contribution in [0, 0.1) is 0 Å². The van der Waals surface area contributed by atoms with Crippen molar-refractivity contribution in [2.75, 3.05) is 20.3 Å². The molecule has 1 heterocycles. The lowest BCUT2D eigenvalue weighted by atomic mass is 9.91. The van der Waals surface area contributed by atoms with Gasteiger partial charge in [-0.3, -0.25) is 0 Å². The second kappa shape index (κ2) is 7.01. The van der Waals surface area contributed by atoms with Crippen LogP contribution in [0.2, 0.25) is 0 Å². The highest BCUT2D eigenvalue weighted by atomic mass is 32.1. The van der Waals surface area contributed by atoms with Crippen LogP contribution in [0.25, 0.3) is 0 Å². The lowest BCUT2D eigenvalue weighted by Crippen LogP contribution is -2.35. The minimum Gasteiger partial charge on any atom is -0.387 e. The number of hydrogen-bond donors (Lipinski definition) is 2. The molecule has 0 aliphatic carbocycles. The third-order valence-electron chi connectivity index (χ3n) is 2.72. The normalized spacial score (nSPS) is 14.9. The highest BCUT2D eigenvalue weighted by Gasteiger charge is 2.25. The molecule has 0 spiro atoms. The van der Waals surface area contributed by atoms with E-state index >= 15 is 0 Å². The molecule has 0 fully saturated rings. The fourth-order valence-corrected chi connectivity index (χ4v) is 2.48. The van der Waals surface area contributed by atoms with E-state index in [0.29, 0.717) is 19.6 Å². The van der Waals surface area contributed by atoms with E-state index in [-0.39, 0.29) is 0 Å². The maximum Gasteiger partial charge on any atom is 0.0883 e. The molecule has 0 saturated heterocycles. The summed E-state index contributed by atoms with van der Waals surface area (Å²) in [5, 5.41) is 14.5. The Labute approximate surface area is 101 Å². The van der Waals surface area contributed by atoms with Crippen molar-refractivity contribution in [3.05, 3.63) is 22.4 Å². The van der Waals surface area contributed by atoms with Gasteiger partial charge in [-0.05, 0) is 54.6 Å². The van der Waals surface area contributed by atoms with E-state index in [0.717, 1.165) is 19.3 Å². The summed E-state index contributed by atoms with van der Waals surface area (Å²) in [5.74, 6) is 0. The van der Waals surface area contributed by atoms with Crippen LogP contribution in [-0.2, 0) is 11.2 Å². The first kappa shape index (κ1) is 13.6. The van der Waals surface area contributed by atoms with Crippen molar-refractivity contribution in [1.82, 2.24) is 0 Å². The molecular formula is C12H21NO2S. The molecule has 0 aliphatic rings. The summed E-state index contributed by atoms with van der Waals surface area (Å²) in [5.41, 5.74) is 6.03. The van der Waals surface area contributed by atoms with Gasteiger partial charge in [0.15, 0.2) is 0 Å². The smallest absolute Gasteiger partial charge is 0.0883 e. The van der Waals surface area contributed by atoms with Crippen LogP contribution in [0.3, 0.4) is 0 Å². The summed E-state index contributed by atoms with van der Waals surface area (Å²) < 4.78 is 5.09. The number of aliphatic hydroxyl groups is 1. The Hall–Kier alpha value is -0.420. The third-order valence-corrected chi connectivity index (χ3v) is 3.45. The van der Waals surface area contributed by atoms with Gasteiger partial charge in [-0.2, -0.15) is 11.3 Å². The van der Waals surface area contributed by atoms with Crippen LogP contribution in [0.4, 0.5) is 0 Å². The van der Waals surface area contributed by atoms with Gasteiger partial charge in [-0.25, -0.2) is 0 Å². The Kier molecular flexibility index (Phi) is 5.98. The zero-order chi connectivity index (χ0) is 11.9. The van der Waals surface area contributed by atoms with Crippen molar-refractivity contribution in [2.24, 2.45) is 5.73 Å². The summed E-state index contributed by atoms with van der Waals surface area (Å²) >= 11 is 1.69. The molecule has 0 saturated carbocycles. The van der Waals surface area contributed by atoms with E-state index in [1.54, 1.807) is 18.4 Å². The van der Waals surface area contributed by atoms with Gasteiger partial charge in [0.2, 0.25) is 0 Å². The summed E-state index contributed by atoms with van der Waals surface area (Å²) in [6.07, 6.45) is 3.18. The van der Waals surface area contributed by atoms with Gasteiger partial charge < -0.3 is 15.6 Å². The molecular weight excluding hydrogens is 222 g/mol. The van der Waals surface area contributed by atoms with Gasteiger partial charge in [-0.1, -0.05) is 0 Å². The molecule has 4 heteroatoms. The largest absolute Gasteiger partial charge is 0.387 e. The second-order valence-corrected chi connectivity index (χ2v) is 4.96. The number of aryl methyl sites for hydroxylation is 1. The van der Waals surface area contributed by atoms with Crippen LogP contribution in [0.1, 0.15) is 24.8 Å². The van der Waals surface area contributed by atoms with Gasteiger partial charge in [0.25, 0.3) is 0 Å². The predicted octanol–water partition coefficient (Wildman–Crippen LogP) is 1.80. The molecule has 1 unspecified atom stereocenters. The minimum atomic E-state index is -0.726. The average Bonchev–Trinajstić information content (AvgIpc) is 2.77. The monoisotopic (exact) mass is 243 g/mol. The SMILES string of the molecule is COCC(O)(CCCN)CCc1ccsc1. The second-order valence-electron chi connectivity index (χ2n) is 4.18. The molecule has 3 nitrogen and oxygen atoms in total. The number of ether oxygens (including phenoxy) is 1. The fraction of sp³-hybridized carbons (Fsp3) is 0.667. The van der Waals surface area contributed by atoms with Crippen molar-refractivity contribution in [1.29, 1.82) is 0 Å². The van der Waals surface area contributed by atoms with Gasteiger partial charge >= 0.3 is 0 Å². The topological polar surface area (TPSA) is 55.5 Å². The Morgan fingerprint density at radius 2 is 2.31 bits per heavy atom. The molecule has 0 radical (unpaired) electrons. The van der Waals surface area contributed by atoms with E-state index in [2.05, 4.69) is 16.8 Å². The lowest BCUT2D eigenvalue weighted by Gasteiger charge is -2.27. The number of thiophene rings is 1. The van der Waals surface area contributed by atoms with Crippen molar-refractivity contribution >= 4 is 11.3 Å². The Balaban J connectivity index is 2.43. The molecule has 1 aromatic heterocycles. The molecule has 16 heavy (non-hydrogen) atoms. The number of nitrogens with two attached hydrogens (primary N) is 1. The molecule has 0 amide bonds. The van der Waals surface area contributed by atoms with Gasteiger partial charge in [0.05, 0.1) is 12.2 Å². The highest BCUT2D eigenvalue weighted by Crippen LogP contribution is 2.21. The van der Waals surface area contributed by atoms with Gasteiger partial charge in [-0.15, -0.1) is 0 Å². The summed E-state index contributed by atoms with van der Waals surface area (Å²) in [6.45, 7) is 1.00. The average molecular weight is 243 g/mol. The standard InChI is InChI=1S/C12H21NO2S/c1-15-10-12(14,5-2-7-13)6-3-11-4-8-16-9-11/h4,8-9,14H,2-3,5-7,10,13H2,1H3. The molecule has 1 atom stereocenters. The van der Waals surface area contributed by atoms with Crippen LogP contribution >= 0.6 is 11.3 Å². The number of hydrogen-bond acceptors (Lipinski definition) is 4. The van der Waals surface area contributed by atoms with Crippen LogP contribution < -0.4 is 5.73 Å². The van der Waals surface area contributed by atoms with E-state index in [1.165, 1.54) is 5.56 Å². The zero-order valence-corrected chi connectivity index (χ0v) is 10.6. The van der Waals surface area contributed by atoms with E-state index < -0.39 is 5.60 Å². The highest BCUT2D eigenvalue weighted by molar-refractivity contribution is 7.07. The van der Waals surface area contributed by atoms with Crippen molar-refractivity contribution in [2.45, 2.75) is 31.3 Å².